The molecule has 96 valence electrons. The van der Waals surface area contributed by atoms with E-state index in [1.165, 1.54) is 4.67 Å². The van der Waals surface area contributed by atoms with Crippen molar-refractivity contribution in [1.82, 2.24) is 4.67 Å². The molecule has 0 saturated heterocycles. The van der Waals surface area contributed by atoms with Crippen molar-refractivity contribution >= 4 is 41.3 Å². The lowest BCUT2D eigenvalue weighted by Gasteiger charge is -2.25. The quantitative estimate of drug-likeness (QED) is 0.558. The predicted octanol–water partition coefficient (Wildman–Crippen LogP) is 4.19. The minimum Gasteiger partial charge on any atom is -0.422 e. The van der Waals surface area contributed by atoms with Crippen LogP contribution in [0.5, 0.6) is 5.75 Å². The fourth-order valence-corrected chi connectivity index (χ4v) is 3.73. The molecule has 7 heteroatoms. The molecule has 0 amide bonds. The van der Waals surface area contributed by atoms with Gasteiger partial charge in [0.15, 0.2) is 0 Å². The molecule has 0 aliphatic heterocycles. The molecule has 1 aromatic carbocycles. The Hall–Kier alpha value is 0.0800. The molecule has 0 saturated carbocycles. The van der Waals surface area contributed by atoms with Crippen LogP contribution in [0.4, 0.5) is 0 Å². The van der Waals surface area contributed by atoms with E-state index in [2.05, 4.69) is 0 Å². The second-order valence-corrected chi connectivity index (χ2v) is 6.88. The second kappa shape index (κ2) is 7.50. The van der Waals surface area contributed by atoms with Gasteiger partial charge in [0.2, 0.25) is 0 Å². The Labute approximate surface area is 116 Å². The van der Waals surface area contributed by atoms with Crippen LogP contribution in [0.1, 0.15) is 0 Å². The van der Waals surface area contributed by atoms with Gasteiger partial charge < -0.3 is 4.52 Å². The van der Waals surface area contributed by atoms with Crippen LogP contribution in [-0.2, 0) is 4.57 Å². The summed E-state index contributed by atoms with van der Waals surface area (Å²) in [5.74, 6) is 1.08. The molecule has 1 aromatic rings. The van der Waals surface area contributed by atoms with Gasteiger partial charge in [-0.15, -0.1) is 23.2 Å². The lowest BCUT2D eigenvalue weighted by atomic mass is 10.3. The van der Waals surface area contributed by atoms with Gasteiger partial charge >= 0.3 is 6.87 Å². The van der Waals surface area contributed by atoms with Gasteiger partial charge in [0.1, 0.15) is 5.75 Å². The summed E-state index contributed by atoms with van der Waals surface area (Å²) in [5, 5.41) is 0. The average Bonchev–Trinajstić information content (AvgIpc) is 2.29. The van der Waals surface area contributed by atoms with Crippen molar-refractivity contribution in [1.29, 1.82) is 0 Å². The van der Waals surface area contributed by atoms with E-state index in [-0.39, 0.29) is 0 Å². The molecule has 0 fully saturated rings. The van der Waals surface area contributed by atoms with Gasteiger partial charge in [0.05, 0.1) is 0 Å². The highest BCUT2D eigenvalue weighted by molar-refractivity contribution is 7.83. The molecule has 0 N–H and O–H groups in total. The third-order valence-electron chi connectivity index (χ3n) is 1.98. The lowest BCUT2D eigenvalue weighted by molar-refractivity contribution is 0.389. The minimum absolute atomic E-state index is 0.311. The smallest absolute Gasteiger partial charge is 0.411 e. The van der Waals surface area contributed by atoms with E-state index in [1.807, 2.05) is 6.07 Å². The van der Waals surface area contributed by atoms with Crippen LogP contribution < -0.4 is 4.52 Å². The second-order valence-electron chi connectivity index (χ2n) is 3.19. The Balaban J connectivity index is 2.74. The van der Waals surface area contributed by atoms with E-state index in [9.17, 15) is 4.57 Å². The first-order valence-electron chi connectivity index (χ1n) is 5.02. The summed E-state index contributed by atoms with van der Waals surface area (Å²) in [4.78, 5) is 0. The fraction of sp³-hybridized carbons (Fsp3) is 0.400. The molecular weight excluding hydrogens is 303 g/mol. The Bertz CT molecular complexity index is 371. The highest BCUT2D eigenvalue weighted by atomic mass is 35.7. The van der Waals surface area contributed by atoms with Crippen molar-refractivity contribution in [3.63, 3.8) is 0 Å². The van der Waals surface area contributed by atoms with Gasteiger partial charge in [-0.3, -0.25) is 0 Å². The Morgan fingerprint density at radius 3 is 2.12 bits per heavy atom. The van der Waals surface area contributed by atoms with E-state index in [1.54, 1.807) is 24.3 Å². The van der Waals surface area contributed by atoms with Crippen LogP contribution in [-0.4, -0.2) is 29.5 Å². The highest BCUT2D eigenvalue weighted by Crippen LogP contribution is 2.55. The van der Waals surface area contributed by atoms with Gasteiger partial charge in [0.25, 0.3) is 0 Å². The number of halogens is 3. The monoisotopic (exact) mass is 315 g/mol. The molecule has 0 heterocycles. The summed E-state index contributed by atoms with van der Waals surface area (Å²) >= 11 is 17.2. The normalized spacial score (nSPS) is 14.6. The van der Waals surface area contributed by atoms with Gasteiger partial charge in [-0.05, 0) is 12.1 Å². The van der Waals surface area contributed by atoms with Crippen molar-refractivity contribution in [3.05, 3.63) is 30.3 Å². The van der Waals surface area contributed by atoms with E-state index in [0.29, 0.717) is 30.6 Å². The number of hydrogen-bond donors (Lipinski definition) is 0. The van der Waals surface area contributed by atoms with Crippen molar-refractivity contribution in [2.75, 3.05) is 24.8 Å². The minimum atomic E-state index is -3.42. The lowest BCUT2D eigenvalue weighted by Crippen LogP contribution is -2.25. The fourth-order valence-electron chi connectivity index (χ4n) is 1.21. The zero-order chi connectivity index (χ0) is 12.7. The number of alkyl halides is 2. The maximum Gasteiger partial charge on any atom is 0.411 e. The first-order chi connectivity index (χ1) is 8.10. The van der Waals surface area contributed by atoms with Crippen LogP contribution in [0.3, 0.4) is 0 Å². The van der Waals surface area contributed by atoms with Crippen molar-refractivity contribution in [3.8, 4) is 5.75 Å². The first kappa shape index (κ1) is 15.1. The molecule has 0 aliphatic rings. The standard InChI is InChI=1S/C10H13Cl3NO2P/c11-6-8-14(9-7-12)17(13,15)16-10-4-2-1-3-5-10/h1-5H,6-9H2/t17-/m0/s1. The molecule has 3 nitrogen and oxygen atoms in total. The van der Waals surface area contributed by atoms with Gasteiger partial charge in [-0.25, -0.2) is 9.24 Å². The summed E-state index contributed by atoms with van der Waals surface area (Å²) in [7, 11) is 0. The van der Waals surface area contributed by atoms with E-state index in [4.69, 9.17) is 39.0 Å². The molecule has 0 bridgehead atoms. The number of hydrogen-bond acceptors (Lipinski definition) is 2. The van der Waals surface area contributed by atoms with Crippen molar-refractivity contribution in [2.45, 2.75) is 0 Å². The summed E-state index contributed by atoms with van der Waals surface area (Å²) < 4.78 is 19.0. The Kier molecular flexibility index (Phi) is 6.68. The number of benzene rings is 1. The topological polar surface area (TPSA) is 29.5 Å². The summed E-state index contributed by atoms with van der Waals surface area (Å²) in [6, 6.07) is 8.77. The van der Waals surface area contributed by atoms with Crippen molar-refractivity contribution < 1.29 is 9.09 Å². The third-order valence-corrected chi connectivity index (χ3v) is 4.68. The van der Waals surface area contributed by atoms with Gasteiger partial charge in [0, 0.05) is 36.1 Å². The molecular formula is C10H13Cl3NO2P. The van der Waals surface area contributed by atoms with Gasteiger partial charge in [-0.2, -0.15) is 0 Å². The van der Waals surface area contributed by atoms with Crippen LogP contribution in [0.2, 0.25) is 0 Å². The summed E-state index contributed by atoms with van der Waals surface area (Å²) in [5.41, 5.74) is 0. The maximum absolute atomic E-state index is 12.2. The SMILES string of the molecule is O=[P@@](Cl)(Oc1ccccc1)N(CCCl)CCCl. The van der Waals surface area contributed by atoms with Gasteiger partial charge in [-0.1, -0.05) is 18.2 Å². The molecule has 0 spiro atoms. The number of rotatable bonds is 7. The van der Waals surface area contributed by atoms with Crippen LogP contribution in [0.15, 0.2) is 30.3 Å². The molecule has 1 atom stereocenters. The van der Waals surface area contributed by atoms with E-state index >= 15 is 0 Å². The van der Waals surface area contributed by atoms with E-state index < -0.39 is 6.87 Å². The molecule has 0 radical (unpaired) electrons. The van der Waals surface area contributed by atoms with Crippen LogP contribution in [0.25, 0.3) is 0 Å². The number of para-hydroxylation sites is 1. The summed E-state index contributed by atoms with van der Waals surface area (Å²) in [6.45, 7) is -2.69. The third kappa shape index (κ3) is 5.07. The highest BCUT2D eigenvalue weighted by Gasteiger charge is 2.30. The molecule has 0 aliphatic carbocycles. The van der Waals surface area contributed by atoms with Crippen LogP contribution >= 0.6 is 41.3 Å². The average molecular weight is 317 g/mol. The summed E-state index contributed by atoms with van der Waals surface area (Å²) in [6.07, 6.45) is 0. The van der Waals surface area contributed by atoms with Crippen molar-refractivity contribution in [2.24, 2.45) is 0 Å². The van der Waals surface area contributed by atoms with Crippen LogP contribution in [0, 0.1) is 0 Å². The molecule has 0 aromatic heterocycles. The zero-order valence-electron chi connectivity index (χ0n) is 9.06. The van der Waals surface area contributed by atoms with E-state index in [0.717, 1.165) is 0 Å². The first-order valence-corrected chi connectivity index (χ1v) is 8.57. The largest absolute Gasteiger partial charge is 0.422 e. The Morgan fingerprint density at radius 1 is 1.12 bits per heavy atom. The Morgan fingerprint density at radius 2 is 1.65 bits per heavy atom. The number of nitrogens with zero attached hydrogens (tertiary/aromatic N) is 1. The molecule has 17 heavy (non-hydrogen) atoms. The molecule has 0 unspecified atom stereocenters. The maximum atomic E-state index is 12.2. The molecule has 1 rings (SSSR count). The predicted molar refractivity (Wildman–Crippen MR) is 73.5 cm³/mol. The zero-order valence-corrected chi connectivity index (χ0v) is 12.2.